The van der Waals surface area contributed by atoms with Gasteiger partial charge in [0.15, 0.2) is 0 Å². The van der Waals surface area contributed by atoms with Crippen molar-refractivity contribution in [1.82, 2.24) is 5.32 Å². The van der Waals surface area contributed by atoms with Crippen molar-refractivity contribution in [2.24, 2.45) is 5.92 Å². The minimum absolute atomic E-state index is 0.152. The Balaban J connectivity index is 1.70. The SMILES string of the molecule is CC(O)CCNCCCC1CC1. The van der Waals surface area contributed by atoms with Crippen molar-refractivity contribution in [1.29, 1.82) is 0 Å². The van der Waals surface area contributed by atoms with Gasteiger partial charge in [-0.15, -0.1) is 0 Å². The first-order chi connectivity index (χ1) is 5.79. The van der Waals surface area contributed by atoms with E-state index < -0.39 is 0 Å². The molecule has 2 nitrogen and oxygen atoms in total. The average molecular weight is 171 g/mol. The van der Waals surface area contributed by atoms with Crippen LogP contribution < -0.4 is 5.32 Å². The minimum atomic E-state index is -0.152. The van der Waals surface area contributed by atoms with E-state index in [0.29, 0.717) is 0 Å². The summed E-state index contributed by atoms with van der Waals surface area (Å²) in [6.45, 7) is 3.93. The fourth-order valence-corrected chi connectivity index (χ4v) is 1.36. The lowest BCUT2D eigenvalue weighted by Gasteiger charge is -2.05. The Bertz CT molecular complexity index is 104. The largest absolute Gasteiger partial charge is 0.393 e. The fraction of sp³-hybridized carbons (Fsp3) is 1.00. The first-order valence-electron chi connectivity index (χ1n) is 5.18. The van der Waals surface area contributed by atoms with E-state index in [1.807, 2.05) is 6.92 Å². The molecule has 1 saturated carbocycles. The molecule has 0 spiro atoms. The molecule has 72 valence electrons. The van der Waals surface area contributed by atoms with Gasteiger partial charge in [0.05, 0.1) is 6.10 Å². The van der Waals surface area contributed by atoms with Crippen LogP contribution in [0.2, 0.25) is 0 Å². The molecule has 0 aromatic rings. The molecule has 2 heteroatoms. The van der Waals surface area contributed by atoms with Crippen molar-refractivity contribution in [2.75, 3.05) is 13.1 Å². The van der Waals surface area contributed by atoms with E-state index in [0.717, 1.165) is 25.4 Å². The van der Waals surface area contributed by atoms with Gasteiger partial charge in [0.1, 0.15) is 0 Å². The molecule has 0 aromatic heterocycles. The summed E-state index contributed by atoms with van der Waals surface area (Å²) in [7, 11) is 0. The standard InChI is InChI=1S/C10H21NO/c1-9(12)6-8-11-7-2-3-10-4-5-10/h9-12H,2-8H2,1H3. The third-order valence-corrected chi connectivity index (χ3v) is 2.40. The molecule has 0 radical (unpaired) electrons. The third-order valence-electron chi connectivity index (χ3n) is 2.40. The molecule has 1 atom stereocenters. The molecule has 1 rings (SSSR count). The van der Waals surface area contributed by atoms with Gasteiger partial charge in [-0.25, -0.2) is 0 Å². The van der Waals surface area contributed by atoms with E-state index >= 15 is 0 Å². The molecule has 2 N–H and O–H groups in total. The first-order valence-corrected chi connectivity index (χ1v) is 5.18. The van der Waals surface area contributed by atoms with Crippen molar-refractivity contribution in [2.45, 2.75) is 45.1 Å². The highest BCUT2D eigenvalue weighted by Crippen LogP contribution is 2.33. The van der Waals surface area contributed by atoms with Crippen LogP contribution in [0.1, 0.15) is 39.0 Å². The second-order valence-corrected chi connectivity index (χ2v) is 3.97. The molecule has 1 fully saturated rings. The first kappa shape index (κ1) is 10.0. The summed E-state index contributed by atoms with van der Waals surface area (Å²) in [5.41, 5.74) is 0. The van der Waals surface area contributed by atoms with E-state index in [4.69, 9.17) is 5.11 Å². The predicted octanol–water partition coefficient (Wildman–Crippen LogP) is 1.54. The monoisotopic (exact) mass is 171 g/mol. The summed E-state index contributed by atoms with van der Waals surface area (Å²) in [5.74, 6) is 1.06. The summed E-state index contributed by atoms with van der Waals surface area (Å²) in [6, 6.07) is 0. The summed E-state index contributed by atoms with van der Waals surface area (Å²) in [5, 5.41) is 12.3. The number of hydrogen-bond acceptors (Lipinski definition) is 2. The van der Waals surface area contributed by atoms with Gasteiger partial charge < -0.3 is 10.4 Å². The summed E-state index contributed by atoms with van der Waals surface area (Å²) in [4.78, 5) is 0. The molecule has 0 amide bonds. The van der Waals surface area contributed by atoms with E-state index in [2.05, 4.69) is 5.32 Å². The molecule has 0 bridgehead atoms. The normalized spacial score (nSPS) is 19.5. The lowest BCUT2D eigenvalue weighted by Crippen LogP contribution is -2.20. The van der Waals surface area contributed by atoms with Crippen molar-refractivity contribution in [3.8, 4) is 0 Å². The topological polar surface area (TPSA) is 32.3 Å². The van der Waals surface area contributed by atoms with Gasteiger partial charge in [-0.1, -0.05) is 12.8 Å². The van der Waals surface area contributed by atoms with Crippen LogP contribution in [-0.2, 0) is 0 Å². The van der Waals surface area contributed by atoms with Gasteiger partial charge >= 0.3 is 0 Å². The molecule has 0 aliphatic heterocycles. The van der Waals surface area contributed by atoms with Crippen LogP contribution in [-0.4, -0.2) is 24.3 Å². The molecular formula is C10H21NO. The van der Waals surface area contributed by atoms with Gasteiger partial charge in [0.25, 0.3) is 0 Å². The number of rotatable bonds is 7. The third kappa shape index (κ3) is 5.56. The van der Waals surface area contributed by atoms with Crippen LogP contribution in [0, 0.1) is 5.92 Å². The van der Waals surface area contributed by atoms with Crippen LogP contribution in [0.5, 0.6) is 0 Å². The van der Waals surface area contributed by atoms with E-state index in [9.17, 15) is 0 Å². The van der Waals surface area contributed by atoms with Crippen LogP contribution in [0.4, 0.5) is 0 Å². The Hall–Kier alpha value is -0.0800. The highest BCUT2D eigenvalue weighted by molar-refractivity contribution is 4.72. The second kappa shape index (κ2) is 5.55. The molecule has 1 aliphatic rings. The zero-order valence-electron chi connectivity index (χ0n) is 8.05. The van der Waals surface area contributed by atoms with Crippen molar-refractivity contribution >= 4 is 0 Å². The van der Waals surface area contributed by atoms with E-state index in [-0.39, 0.29) is 6.10 Å². The Morgan fingerprint density at radius 3 is 2.75 bits per heavy atom. The van der Waals surface area contributed by atoms with Crippen LogP contribution >= 0.6 is 0 Å². The molecule has 0 saturated heterocycles. The maximum absolute atomic E-state index is 8.97. The van der Waals surface area contributed by atoms with Crippen molar-refractivity contribution in [3.05, 3.63) is 0 Å². The average Bonchev–Trinajstić information content (AvgIpc) is 2.79. The summed E-state index contributed by atoms with van der Waals surface area (Å²) < 4.78 is 0. The van der Waals surface area contributed by atoms with Crippen molar-refractivity contribution in [3.63, 3.8) is 0 Å². The molecular weight excluding hydrogens is 150 g/mol. The lowest BCUT2D eigenvalue weighted by molar-refractivity contribution is 0.184. The fourth-order valence-electron chi connectivity index (χ4n) is 1.36. The Morgan fingerprint density at radius 1 is 1.42 bits per heavy atom. The lowest BCUT2D eigenvalue weighted by atomic mass is 10.2. The van der Waals surface area contributed by atoms with Gasteiger partial charge in [0.2, 0.25) is 0 Å². The van der Waals surface area contributed by atoms with Crippen LogP contribution in [0.15, 0.2) is 0 Å². The molecule has 0 heterocycles. The zero-order chi connectivity index (χ0) is 8.81. The molecule has 1 unspecified atom stereocenters. The number of aliphatic hydroxyl groups excluding tert-OH is 1. The minimum Gasteiger partial charge on any atom is -0.393 e. The highest BCUT2D eigenvalue weighted by Gasteiger charge is 2.19. The predicted molar refractivity (Wildman–Crippen MR) is 51.1 cm³/mol. The number of aliphatic hydroxyl groups is 1. The Kier molecular flexibility index (Phi) is 4.62. The Morgan fingerprint density at radius 2 is 2.17 bits per heavy atom. The molecule has 1 aliphatic carbocycles. The summed E-state index contributed by atoms with van der Waals surface area (Å²) >= 11 is 0. The van der Waals surface area contributed by atoms with Crippen LogP contribution in [0.3, 0.4) is 0 Å². The zero-order valence-corrected chi connectivity index (χ0v) is 8.05. The van der Waals surface area contributed by atoms with Crippen LogP contribution in [0.25, 0.3) is 0 Å². The van der Waals surface area contributed by atoms with Gasteiger partial charge in [-0.05, 0) is 45.2 Å². The van der Waals surface area contributed by atoms with Crippen molar-refractivity contribution < 1.29 is 5.11 Å². The van der Waals surface area contributed by atoms with Gasteiger partial charge in [-0.2, -0.15) is 0 Å². The maximum atomic E-state index is 8.97. The Labute approximate surface area is 75.4 Å². The number of nitrogens with one attached hydrogen (secondary N) is 1. The summed E-state index contributed by atoms with van der Waals surface area (Å²) in [6.07, 6.45) is 6.37. The maximum Gasteiger partial charge on any atom is 0.0524 e. The van der Waals surface area contributed by atoms with Gasteiger partial charge in [-0.3, -0.25) is 0 Å². The smallest absolute Gasteiger partial charge is 0.0524 e. The molecule has 0 aromatic carbocycles. The van der Waals surface area contributed by atoms with E-state index in [1.165, 1.54) is 25.7 Å². The quantitative estimate of drug-likeness (QED) is 0.569. The van der Waals surface area contributed by atoms with Gasteiger partial charge in [0, 0.05) is 0 Å². The van der Waals surface area contributed by atoms with E-state index in [1.54, 1.807) is 0 Å². The highest BCUT2D eigenvalue weighted by atomic mass is 16.3. The number of hydrogen-bond donors (Lipinski definition) is 2. The molecule has 12 heavy (non-hydrogen) atoms. The second-order valence-electron chi connectivity index (χ2n) is 3.97.